The molecule has 0 fully saturated rings. The topological polar surface area (TPSA) is 132 Å². The van der Waals surface area contributed by atoms with E-state index in [1.54, 1.807) is 65.2 Å². The van der Waals surface area contributed by atoms with Gasteiger partial charge in [0.1, 0.15) is 0 Å². The molecule has 0 saturated heterocycles. The summed E-state index contributed by atoms with van der Waals surface area (Å²) in [5.41, 5.74) is 0. The Morgan fingerprint density at radius 3 is 1.09 bits per heavy atom. The highest BCUT2D eigenvalue weighted by molar-refractivity contribution is 7.94. The Morgan fingerprint density at radius 2 is 0.948 bits per heavy atom. The highest BCUT2D eigenvalue weighted by Gasteiger charge is 2.09. The standard InChI is InChI=1S/C9H17NO.C8H14O2.C7H12O.C6H10O.C6H8O.C5H10O2S.7CH4/c1-8(2)9(11)6-5-7-10(3)4;1-7(2)8(9)5-4-6-10-3;1-4-5-7(8)6(2)3;2*1-4-6(7)5(2)3;1-4-8(6,7)5(2)3;;;;;;;/h5-6,8H,7H2,1-4H3;4-5,7H,6H2,1-3H3;4-6H,1-3H3;4-5H,1H2,2-3H3;1,5H,2-3H3;4-5H,1H2,2-3H3;7*1H4/b6-5+;2*5-4+;;;;;;;;;;. The molecule has 0 aromatic rings. The van der Waals surface area contributed by atoms with Gasteiger partial charge in [-0.1, -0.05) is 153 Å². The van der Waals surface area contributed by atoms with Crippen LogP contribution in [0.5, 0.6) is 0 Å². The van der Waals surface area contributed by atoms with E-state index in [1.165, 1.54) is 6.08 Å². The molecule has 0 spiro atoms. The first-order valence-electron chi connectivity index (χ1n) is 17.0. The lowest BCUT2D eigenvalue weighted by Crippen LogP contribution is -2.11. The number of nitrogens with zero attached hydrogens (tertiary/aromatic N) is 1. The Bertz CT molecular complexity index is 1230. The summed E-state index contributed by atoms with van der Waals surface area (Å²) < 4.78 is 25.9. The van der Waals surface area contributed by atoms with E-state index in [4.69, 9.17) is 11.2 Å². The van der Waals surface area contributed by atoms with E-state index < -0.39 is 9.84 Å². The molecule has 0 atom stereocenters. The number of terminal acetylenes is 1. The molecular formula is C48H99NO8S. The molecule has 0 aromatic heterocycles. The van der Waals surface area contributed by atoms with E-state index in [9.17, 15) is 32.4 Å². The van der Waals surface area contributed by atoms with Crippen molar-refractivity contribution < 1.29 is 37.1 Å². The smallest absolute Gasteiger partial charge is 0.207 e. The van der Waals surface area contributed by atoms with Gasteiger partial charge in [-0.25, -0.2) is 8.42 Å². The predicted octanol–water partition coefficient (Wildman–Crippen LogP) is 12.2. The molecule has 0 N–H and O–H groups in total. The minimum absolute atomic E-state index is 0. The lowest BCUT2D eigenvalue weighted by molar-refractivity contribution is -0.118. The van der Waals surface area contributed by atoms with Gasteiger partial charge in [0.05, 0.1) is 11.9 Å². The number of ether oxygens (including phenoxy) is 1. The second-order valence-electron chi connectivity index (χ2n) is 12.9. The van der Waals surface area contributed by atoms with Crippen LogP contribution in [0.15, 0.2) is 61.1 Å². The van der Waals surface area contributed by atoms with Gasteiger partial charge < -0.3 is 9.64 Å². The van der Waals surface area contributed by atoms with E-state index in [0.29, 0.717) is 6.61 Å². The van der Waals surface area contributed by atoms with Crippen LogP contribution < -0.4 is 0 Å². The van der Waals surface area contributed by atoms with Crippen molar-refractivity contribution >= 4 is 38.8 Å². The van der Waals surface area contributed by atoms with Crippen LogP contribution in [0.2, 0.25) is 0 Å². The zero-order valence-corrected chi connectivity index (χ0v) is 35.4. The zero-order valence-electron chi connectivity index (χ0n) is 34.6. The summed E-state index contributed by atoms with van der Waals surface area (Å²) in [6, 6.07) is 0. The zero-order chi connectivity index (χ0) is 41.9. The van der Waals surface area contributed by atoms with E-state index in [1.807, 2.05) is 93.3 Å². The highest BCUT2D eigenvalue weighted by Crippen LogP contribution is 1.99. The predicted molar refractivity (Wildman–Crippen MR) is 263 cm³/mol. The summed E-state index contributed by atoms with van der Waals surface area (Å²) in [5.74, 6) is 3.02. The number of Topliss-reactive ketones (excluding diaryl/α,β-unsaturated/α-hetero) is 1. The molecule has 0 bridgehead atoms. The van der Waals surface area contributed by atoms with E-state index in [2.05, 4.69) is 13.2 Å². The van der Waals surface area contributed by atoms with E-state index in [0.717, 1.165) is 12.0 Å². The molecule has 350 valence electrons. The molecule has 0 aromatic carbocycles. The average molecular weight is 850 g/mol. The van der Waals surface area contributed by atoms with Gasteiger partial charge >= 0.3 is 0 Å². The molecule has 0 heterocycles. The highest BCUT2D eigenvalue weighted by atomic mass is 32.2. The van der Waals surface area contributed by atoms with Crippen molar-refractivity contribution in [1.82, 2.24) is 4.90 Å². The van der Waals surface area contributed by atoms with Crippen molar-refractivity contribution in [3.8, 4) is 12.3 Å². The maximum Gasteiger partial charge on any atom is 0.207 e. The summed E-state index contributed by atoms with van der Waals surface area (Å²) in [6.07, 6.45) is 16.3. The number of carbonyl (C=O) groups excluding carboxylic acids is 5. The number of ketones is 5. The number of sulfone groups is 1. The molecule has 0 aliphatic carbocycles. The number of hydrogen-bond acceptors (Lipinski definition) is 9. The number of hydrogen-bond donors (Lipinski definition) is 0. The molecule has 10 heteroatoms. The summed E-state index contributed by atoms with van der Waals surface area (Å²) in [6.45, 7) is 31.5. The lowest BCUT2D eigenvalue weighted by Gasteiger charge is -2.03. The van der Waals surface area contributed by atoms with Crippen molar-refractivity contribution in [3.63, 3.8) is 0 Å². The fourth-order valence-corrected chi connectivity index (χ4v) is 2.36. The summed E-state index contributed by atoms with van der Waals surface area (Å²) in [4.78, 5) is 55.2. The molecule has 0 aliphatic rings. The van der Waals surface area contributed by atoms with Crippen molar-refractivity contribution in [3.05, 3.63) is 61.1 Å². The Morgan fingerprint density at radius 1 is 0.621 bits per heavy atom. The van der Waals surface area contributed by atoms with Crippen LogP contribution in [0.25, 0.3) is 0 Å². The van der Waals surface area contributed by atoms with Crippen LogP contribution in [0, 0.1) is 41.9 Å². The van der Waals surface area contributed by atoms with Gasteiger partial charge in [0.25, 0.3) is 0 Å². The van der Waals surface area contributed by atoms with E-state index in [-0.39, 0.29) is 116 Å². The molecule has 0 unspecified atom stereocenters. The Balaban J connectivity index is -0.0000000375. The average Bonchev–Trinajstić information content (AvgIpc) is 3.04. The van der Waals surface area contributed by atoms with Crippen LogP contribution in [0.1, 0.15) is 142 Å². The van der Waals surface area contributed by atoms with Crippen molar-refractivity contribution in [2.24, 2.45) is 29.6 Å². The van der Waals surface area contributed by atoms with Crippen LogP contribution in [-0.2, 0) is 38.5 Å². The van der Waals surface area contributed by atoms with Crippen molar-refractivity contribution in [2.45, 2.75) is 147 Å². The summed E-state index contributed by atoms with van der Waals surface area (Å²) in [5, 5.41) is 0.650. The molecule has 0 aliphatic heterocycles. The second-order valence-corrected chi connectivity index (χ2v) is 15.4. The largest absolute Gasteiger partial charge is 0.381 e. The van der Waals surface area contributed by atoms with Gasteiger partial charge in [0.15, 0.2) is 33.0 Å². The maximum absolute atomic E-state index is 11.0. The van der Waals surface area contributed by atoms with Crippen LogP contribution in [0.4, 0.5) is 0 Å². The van der Waals surface area contributed by atoms with Crippen molar-refractivity contribution in [2.75, 3.05) is 34.4 Å². The summed E-state index contributed by atoms with van der Waals surface area (Å²) >= 11 is 0. The molecule has 58 heavy (non-hydrogen) atoms. The minimum atomic E-state index is -2.97. The molecule has 0 amide bonds. The van der Waals surface area contributed by atoms with Gasteiger partial charge in [0, 0.05) is 48.7 Å². The van der Waals surface area contributed by atoms with Crippen LogP contribution in [-0.4, -0.2) is 81.8 Å². The number of rotatable bonds is 15. The van der Waals surface area contributed by atoms with Crippen molar-refractivity contribution in [1.29, 1.82) is 0 Å². The third kappa shape index (κ3) is 73.6. The maximum atomic E-state index is 11.0. The first kappa shape index (κ1) is 90.6. The lowest BCUT2D eigenvalue weighted by atomic mass is 10.1. The number of allylic oxidation sites excluding steroid dienone is 5. The third-order valence-electron chi connectivity index (χ3n) is 5.66. The van der Waals surface area contributed by atoms with Gasteiger partial charge in [-0.3, -0.25) is 24.0 Å². The van der Waals surface area contributed by atoms with Crippen LogP contribution in [0.3, 0.4) is 0 Å². The van der Waals surface area contributed by atoms with Gasteiger partial charge in [-0.15, -0.1) is 6.42 Å². The third-order valence-corrected chi connectivity index (χ3v) is 7.44. The molecule has 0 radical (unpaired) electrons. The minimum Gasteiger partial charge on any atom is -0.381 e. The van der Waals surface area contributed by atoms with Gasteiger partial charge in [0.2, 0.25) is 5.78 Å². The first-order chi connectivity index (χ1) is 23.3. The number of carbonyl (C=O) groups is 5. The molecule has 9 nitrogen and oxygen atoms in total. The van der Waals surface area contributed by atoms with Gasteiger partial charge in [-0.2, -0.15) is 0 Å². The normalized spacial score (nSPS) is 9.41. The SMILES string of the molecule is C.C.C.C.C.C.C.C#CC(=O)C(C)C.C/C=C/C(=O)C(C)C.C=CC(=O)C(C)C.C=CS(=O)(=O)C(C)C.CC(C)C(=O)/C=C/CN(C)C.COC/C=C/C(=O)C(C)C. The number of likely N-dealkylation sites (N-methyl/N-ethyl adjacent to an activating group) is 1. The van der Waals surface area contributed by atoms with Crippen LogP contribution >= 0.6 is 0 Å². The molecule has 0 rings (SSSR count). The number of methoxy groups -OCH3 is 1. The Labute approximate surface area is 364 Å². The first-order valence-corrected chi connectivity index (χ1v) is 18.6. The fraction of sp³-hybridized carbons (Fsp3) is 0.646. The summed E-state index contributed by atoms with van der Waals surface area (Å²) in [7, 11) is 2.58. The Hall–Kier alpha value is -3.52. The monoisotopic (exact) mass is 850 g/mol. The fourth-order valence-electron chi connectivity index (χ4n) is 1.98. The quantitative estimate of drug-likeness (QED) is 0.0897. The van der Waals surface area contributed by atoms with E-state index >= 15 is 0 Å². The molecule has 0 saturated carbocycles. The molecular weight excluding hydrogens is 751 g/mol. The Kier molecular flexibility index (Phi) is 90.3. The second kappa shape index (κ2) is 57.8. The van der Waals surface area contributed by atoms with Gasteiger partial charge in [-0.05, 0) is 65.1 Å².